The minimum atomic E-state index is -0.368. The highest BCUT2D eigenvalue weighted by molar-refractivity contribution is 5.95. The van der Waals surface area contributed by atoms with E-state index in [4.69, 9.17) is 4.74 Å². The van der Waals surface area contributed by atoms with Crippen LogP contribution in [0.3, 0.4) is 0 Å². The van der Waals surface area contributed by atoms with Crippen molar-refractivity contribution in [3.63, 3.8) is 0 Å². The lowest BCUT2D eigenvalue weighted by molar-refractivity contribution is 0.0600. The predicted octanol–water partition coefficient (Wildman–Crippen LogP) is 2.59. The predicted molar refractivity (Wildman–Crippen MR) is 85.3 cm³/mol. The highest BCUT2D eigenvalue weighted by atomic mass is 16.5. The molecular weight excluding hydrogens is 292 g/mol. The first-order valence-electron chi connectivity index (χ1n) is 7.53. The number of aryl methyl sites for hydroxylation is 2. The number of pyridine rings is 1. The van der Waals surface area contributed by atoms with E-state index in [1.165, 1.54) is 7.11 Å². The summed E-state index contributed by atoms with van der Waals surface area (Å²) in [6.07, 6.45) is 3.37. The monoisotopic (exact) mass is 310 g/mol. The number of amides is 1. The number of methoxy groups -OCH3 is 1. The van der Waals surface area contributed by atoms with Crippen molar-refractivity contribution in [3.05, 3.63) is 64.5 Å². The van der Waals surface area contributed by atoms with E-state index in [1.807, 2.05) is 19.1 Å². The van der Waals surface area contributed by atoms with Crippen molar-refractivity contribution in [2.75, 3.05) is 7.11 Å². The smallest absolute Gasteiger partial charge is 0.337 e. The van der Waals surface area contributed by atoms with E-state index in [2.05, 4.69) is 10.3 Å². The van der Waals surface area contributed by atoms with Gasteiger partial charge in [0.25, 0.3) is 5.91 Å². The zero-order valence-electron chi connectivity index (χ0n) is 13.1. The standard InChI is InChI=1S/C18H18N2O3/c1-11-14(4-3-9-19-11)17(21)20-16-8-7-12-5-6-13(10-15(12)16)18(22)23-2/h3-6,9-10,16H,7-8H2,1-2H3,(H,20,21). The molecule has 23 heavy (non-hydrogen) atoms. The van der Waals surface area contributed by atoms with Gasteiger partial charge >= 0.3 is 5.97 Å². The number of hydrogen-bond acceptors (Lipinski definition) is 4. The molecule has 1 aromatic carbocycles. The molecule has 118 valence electrons. The van der Waals surface area contributed by atoms with E-state index in [0.29, 0.717) is 16.8 Å². The minimum Gasteiger partial charge on any atom is -0.465 e. The van der Waals surface area contributed by atoms with Gasteiger partial charge in [-0.3, -0.25) is 9.78 Å². The zero-order valence-corrected chi connectivity index (χ0v) is 13.1. The maximum atomic E-state index is 12.5. The van der Waals surface area contributed by atoms with Crippen LogP contribution in [-0.4, -0.2) is 24.0 Å². The van der Waals surface area contributed by atoms with Crippen LogP contribution in [0.1, 0.15) is 50.0 Å². The maximum absolute atomic E-state index is 12.5. The van der Waals surface area contributed by atoms with Gasteiger partial charge in [-0.05, 0) is 55.2 Å². The third-order valence-corrected chi connectivity index (χ3v) is 4.20. The number of benzene rings is 1. The van der Waals surface area contributed by atoms with Gasteiger partial charge in [0.05, 0.1) is 24.3 Å². The Hall–Kier alpha value is -2.69. The largest absolute Gasteiger partial charge is 0.465 e. The van der Waals surface area contributed by atoms with Crippen LogP contribution in [-0.2, 0) is 11.2 Å². The van der Waals surface area contributed by atoms with Crippen molar-refractivity contribution < 1.29 is 14.3 Å². The quantitative estimate of drug-likeness (QED) is 0.885. The molecular formula is C18H18N2O3. The molecule has 1 N–H and O–H groups in total. The summed E-state index contributed by atoms with van der Waals surface area (Å²) in [5, 5.41) is 3.05. The molecule has 5 heteroatoms. The molecule has 2 aromatic rings. The molecule has 1 heterocycles. The van der Waals surface area contributed by atoms with Gasteiger partial charge < -0.3 is 10.1 Å². The Labute approximate surface area is 134 Å². The fourth-order valence-electron chi connectivity index (χ4n) is 2.96. The molecule has 1 atom stereocenters. The number of ether oxygens (including phenoxy) is 1. The Morgan fingerprint density at radius 3 is 2.87 bits per heavy atom. The van der Waals surface area contributed by atoms with E-state index in [-0.39, 0.29) is 17.9 Å². The average molecular weight is 310 g/mol. The molecule has 5 nitrogen and oxygen atoms in total. The van der Waals surface area contributed by atoms with Gasteiger partial charge in [0.1, 0.15) is 0 Å². The number of carbonyl (C=O) groups excluding carboxylic acids is 2. The molecule has 0 fully saturated rings. The van der Waals surface area contributed by atoms with Gasteiger partial charge in [0.15, 0.2) is 0 Å². The molecule has 0 bridgehead atoms. The van der Waals surface area contributed by atoms with Crippen molar-refractivity contribution >= 4 is 11.9 Å². The average Bonchev–Trinajstić information content (AvgIpc) is 2.96. The van der Waals surface area contributed by atoms with E-state index in [1.54, 1.807) is 24.4 Å². The van der Waals surface area contributed by atoms with Gasteiger partial charge in [0, 0.05) is 11.9 Å². The Kier molecular flexibility index (Phi) is 4.10. The molecule has 1 aromatic heterocycles. The fraction of sp³-hybridized carbons (Fsp3) is 0.278. The van der Waals surface area contributed by atoms with Crippen LogP contribution in [0.15, 0.2) is 36.5 Å². The third kappa shape index (κ3) is 2.95. The van der Waals surface area contributed by atoms with Gasteiger partial charge in [-0.25, -0.2) is 4.79 Å². The first-order valence-corrected chi connectivity index (χ1v) is 7.53. The van der Waals surface area contributed by atoms with Crippen LogP contribution in [0.2, 0.25) is 0 Å². The zero-order chi connectivity index (χ0) is 16.4. The number of esters is 1. The SMILES string of the molecule is COC(=O)c1ccc2c(c1)C(NC(=O)c1cccnc1C)CC2. The number of fused-ring (bicyclic) bond motifs is 1. The number of hydrogen-bond donors (Lipinski definition) is 1. The lowest BCUT2D eigenvalue weighted by atomic mass is 10.0. The Balaban J connectivity index is 1.83. The second kappa shape index (κ2) is 6.20. The van der Waals surface area contributed by atoms with Crippen LogP contribution < -0.4 is 5.32 Å². The first-order chi connectivity index (χ1) is 11.1. The van der Waals surface area contributed by atoms with Crippen LogP contribution >= 0.6 is 0 Å². The van der Waals surface area contributed by atoms with E-state index < -0.39 is 0 Å². The molecule has 1 amide bonds. The molecule has 1 aliphatic carbocycles. The summed E-state index contributed by atoms with van der Waals surface area (Å²) in [6.45, 7) is 1.81. The van der Waals surface area contributed by atoms with Crippen molar-refractivity contribution in [1.82, 2.24) is 10.3 Å². The molecule has 1 aliphatic rings. The van der Waals surface area contributed by atoms with Crippen molar-refractivity contribution in [2.45, 2.75) is 25.8 Å². The number of aromatic nitrogens is 1. The summed E-state index contributed by atoms with van der Waals surface area (Å²) >= 11 is 0. The third-order valence-electron chi connectivity index (χ3n) is 4.20. The molecule has 0 radical (unpaired) electrons. The second-order valence-electron chi connectivity index (χ2n) is 5.61. The van der Waals surface area contributed by atoms with E-state index >= 15 is 0 Å². The topological polar surface area (TPSA) is 68.3 Å². The Bertz CT molecular complexity index is 771. The van der Waals surface area contributed by atoms with Crippen LogP contribution in [0.4, 0.5) is 0 Å². The van der Waals surface area contributed by atoms with E-state index in [9.17, 15) is 9.59 Å². The second-order valence-corrected chi connectivity index (χ2v) is 5.61. The van der Waals surface area contributed by atoms with Crippen LogP contribution in [0, 0.1) is 6.92 Å². The number of nitrogens with one attached hydrogen (secondary N) is 1. The number of carbonyl (C=O) groups is 2. The molecule has 0 saturated carbocycles. The molecule has 0 saturated heterocycles. The summed E-state index contributed by atoms with van der Waals surface area (Å²) in [4.78, 5) is 28.3. The van der Waals surface area contributed by atoms with Gasteiger partial charge in [-0.2, -0.15) is 0 Å². The highest BCUT2D eigenvalue weighted by Gasteiger charge is 2.26. The summed E-state index contributed by atoms with van der Waals surface area (Å²) in [7, 11) is 1.36. The van der Waals surface area contributed by atoms with Crippen molar-refractivity contribution in [2.24, 2.45) is 0 Å². The van der Waals surface area contributed by atoms with Gasteiger partial charge in [-0.15, -0.1) is 0 Å². The summed E-state index contributed by atoms with van der Waals surface area (Å²) < 4.78 is 4.76. The van der Waals surface area contributed by atoms with Gasteiger partial charge in [0.2, 0.25) is 0 Å². The highest BCUT2D eigenvalue weighted by Crippen LogP contribution is 2.32. The number of rotatable bonds is 3. The summed E-state index contributed by atoms with van der Waals surface area (Å²) in [6, 6.07) is 8.93. The molecule has 0 aliphatic heterocycles. The molecule has 1 unspecified atom stereocenters. The first kappa shape index (κ1) is 15.2. The normalized spacial score (nSPS) is 15.8. The molecule has 0 spiro atoms. The maximum Gasteiger partial charge on any atom is 0.337 e. The fourth-order valence-corrected chi connectivity index (χ4v) is 2.96. The summed E-state index contributed by atoms with van der Waals surface area (Å²) in [5.74, 6) is -0.509. The Morgan fingerprint density at radius 1 is 1.30 bits per heavy atom. The lowest BCUT2D eigenvalue weighted by Gasteiger charge is -2.15. The molecule has 3 rings (SSSR count). The van der Waals surface area contributed by atoms with Gasteiger partial charge in [-0.1, -0.05) is 6.07 Å². The van der Waals surface area contributed by atoms with Crippen molar-refractivity contribution in [3.8, 4) is 0 Å². The van der Waals surface area contributed by atoms with Crippen molar-refractivity contribution in [1.29, 1.82) is 0 Å². The minimum absolute atomic E-state index is 0.0956. The summed E-state index contributed by atoms with van der Waals surface area (Å²) in [5.41, 5.74) is 3.93. The number of nitrogens with zero attached hydrogens (tertiary/aromatic N) is 1. The Morgan fingerprint density at radius 2 is 2.13 bits per heavy atom. The van der Waals surface area contributed by atoms with E-state index in [0.717, 1.165) is 24.0 Å². The van der Waals surface area contributed by atoms with Crippen LogP contribution in [0.5, 0.6) is 0 Å². The lowest BCUT2D eigenvalue weighted by Crippen LogP contribution is -2.28. The van der Waals surface area contributed by atoms with Crippen LogP contribution in [0.25, 0.3) is 0 Å².